The number of nitro benzene ring substituents is 1. The van der Waals surface area contributed by atoms with Crippen LogP contribution in [0.15, 0.2) is 36.7 Å². The fourth-order valence-electron chi connectivity index (χ4n) is 2.53. The van der Waals surface area contributed by atoms with Crippen molar-refractivity contribution in [1.82, 2.24) is 14.9 Å². The van der Waals surface area contributed by atoms with Gasteiger partial charge in [-0.15, -0.1) is 0 Å². The molecule has 0 atom stereocenters. The summed E-state index contributed by atoms with van der Waals surface area (Å²) in [4.78, 5) is 34.8. The number of carbonyl (C=O) groups excluding carboxylic acids is 1. The SMILES string of the molecule is O=C(c1ccc([N+](=O)[O-])cc1Cl)N1CCN(c2ncccn2)CC1. The third-order valence-electron chi connectivity index (χ3n) is 3.80. The van der Waals surface area contributed by atoms with E-state index in [4.69, 9.17) is 11.6 Å². The van der Waals surface area contributed by atoms with Crippen molar-refractivity contribution in [3.8, 4) is 0 Å². The van der Waals surface area contributed by atoms with E-state index >= 15 is 0 Å². The lowest BCUT2D eigenvalue weighted by Crippen LogP contribution is -2.49. The van der Waals surface area contributed by atoms with E-state index in [0.717, 1.165) is 0 Å². The van der Waals surface area contributed by atoms with Crippen LogP contribution in [0.3, 0.4) is 0 Å². The molecule has 2 aromatic rings. The number of rotatable bonds is 3. The van der Waals surface area contributed by atoms with Gasteiger partial charge >= 0.3 is 0 Å². The quantitative estimate of drug-likeness (QED) is 0.622. The minimum atomic E-state index is -0.543. The number of carbonyl (C=O) groups is 1. The molecular formula is C15H14ClN5O3. The highest BCUT2D eigenvalue weighted by atomic mass is 35.5. The predicted octanol–water partition coefficient (Wildman–Crippen LogP) is 2.00. The van der Waals surface area contributed by atoms with Crippen LogP contribution in [0.1, 0.15) is 10.4 Å². The Bertz CT molecular complexity index is 763. The highest BCUT2D eigenvalue weighted by molar-refractivity contribution is 6.34. The number of piperazine rings is 1. The Morgan fingerprint density at radius 3 is 2.42 bits per heavy atom. The van der Waals surface area contributed by atoms with E-state index in [1.807, 2.05) is 4.90 Å². The van der Waals surface area contributed by atoms with Crippen LogP contribution in [0.4, 0.5) is 11.6 Å². The molecule has 24 heavy (non-hydrogen) atoms. The van der Waals surface area contributed by atoms with Crippen LogP contribution in [0.2, 0.25) is 5.02 Å². The molecule has 1 aromatic carbocycles. The molecule has 1 aliphatic heterocycles. The largest absolute Gasteiger partial charge is 0.337 e. The van der Waals surface area contributed by atoms with Gasteiger partial charge in [0, 0.05) is 50.7 Å². The van der Waals surface area contributed by atoms with Gasteiger partial charge in [0.25, 0.3) is 11.6 Å². The minimum absolute atomic E-state index is 0.0861. The molecule has 3 rings (SSSR count). The van der Waals surface area contributed by atoms with Gasteiger partial charge in [-0.2, -0.15) is 0 Å². The van der Waals surface area contributed by atoms with Crippen molar-refractivity contribution >= 4 is 29.1 Å². The molecule has 1 saturated heterocycles. The average molecular weight is 348 g/mol. The van der Waals surface area contributed by atoms with Crippen LogP contribution in [0.25, 0.3) is 0 Å². The highest BCUT2D eigenvalue weighted by Crippen LogP contribution is 2.24. The number of aromatic nitrogens is 2. The molecule has 0 unspecified atom stereocenters. The van der Waals surface area contributed by atoms with Gasteiger partial charge in [0.15, 0.2) is 0 Å². The number of hydrogen-bond donors (Lipinski definition) is 0. The molecule has 1 aromatic heterocycles. The summed E-state index contributed by atoms with van der Waals surface area (Å²) >= 11 is 6.03. The van der Waals surface area contributed by atoms with Crippen molar-refractivity contribution in [2.45, 2.75) is 0 Å². The molecule has 1 aliphatic rings. The summed E-state index contributed by atoms with van der Waals surface area (Å²) in [5, 5.41) is 10.8. The fraction of sp³-hybridized carbons (Fsp3) is 0.267. The smallest absolute Gasteiger partial charge is 0.270 e. The number of non-ortho nitro benzene ring substituents is 1. The Hall–Kier alpha value is -2.74. The van der Waals surface area contributed by atoms with Crippen LogP contribution in [-0.2, 0) is 0 Å². The number of anilines is 1. The Morgan fingerprint density at radius 1 is 1.17 bits per heavy atom. The predicted molar refractivity (Wildman–Crippen MR) is 88.3 cm³/mol. The maximum Gasteiger partial charge on any atom is 0.270 e. The number of halogens is 1. The molecule has 1 fully saturated rings. The topological polar surface area (TPSA) is 92.5 Å². The summed E-state index contributed by atoms with van der Waals surface area (Å²) < 4.78 is 0. The Kier molecular flexibility index (Phi) is 4.57. The number of amides is 1. The lowest BCUT2D eigenvalue weighted by molar-refractivity contribution is -0.384. The third kappa shape index (κ3) is 3.28. The second-order valence-corrected chi connectivity index (χ2v) is 5.66. The Morgan fingerprint density at radius 2 is 1.83 bits per heavy atom. The first kappa shape index (κ1) is 16.1. The van der Waals surface area contributed by atoms with E-state index in [-0.39, 0.29) is 22.2 Å². The average Bonchev–Trinajstić information content (AvgIpc) is 2.62. The van der Waals surface area contributed by atoms with Gasteiger partial charge in [-0.05, 0) is 12.1 Å². The van der Waals surface area contributed by atoms with Crippen molar-refractivity contribution < 1.29 is 9.72 Å². The monoisotopic (exact) mass is 347 g/mol. The molecule has 1 amide bonds. The van der Waals surface area contributed by atoms with Gasteiger partial charge in [0.2, 0.25) is 5.95 Å². The van der Waals surface area contributed by atoms with Crippen LogP contribution >= 0.6 is 11.6 Å². The molecule has 0 saturated carbocycles. The van der Waals surface area contributed by atoms with Crippen molar-refractivity contribution in [3.63, 3.8) is 0 Å². The summed E-state index contributed by atoms with van der Waals surface area (Å²) in [7, 11) is 0. The molecule has 9 heteroatoms. The molecule has 0 radical (unpaired) electrons. The summed E-state index contributed by atoms with van der Waals surface area (Å²) in [6.07, 6.45) is 3.35. The molecule has 0 bridgehead atoms. The van der Waals surface area contributed by atoms with E-state index in [9.17, 15) is 14.9 Å². The van der Waals surface area contributed by atoms with E-state index < -0.39 is 4.92 Å². The zero-order valence-electron chi connectivity index (χ0n) is 12.6. The van der Waals surface area contributed by atoms with E-state index in [1.165, 1.54) is 18.2 Å². The first-order chi connectivity index (χ1) is 11.6. The Balaban J connectivity index is 1.68. The van der Waals surface area contributed by atoms with Gasteiger partial charge in [0.1, 0.15) is 0 Å². The molecule has 8 nitrogen and oxygen atoms in total. The van der Waals surface area contributed by atoms with Crippen molar-refractivity contribution in [2.75, 3.05) is 31.1 Å². The molecule has 0 N–H and O–H groups in total. The van der Waals surface area contributed by atoms with Crippen LogP contribution in [0.5, 0.6) is 0 Å². The van der Waals surface area contributed by atoms with Crippen molar-refractivity contribution in [3.05, 3.63) is 57.4 Å². The van der Waals surface area contributed by atoms with Gasteiger partial charge in [-0.3, -0.25) is 14.9 Å². The fourth-order valence-corrected chi connectivity index (χ4v) is 2.78. The Labute approximate surface area is 142 Å². The number of nitrogens with zero attached hydrogens (tertiary/aromatic N) is 5. The lowest BCUT2D eigenvalue weighted by Gasteiger charge is -2.34. The van der Waals surface area contributed by atoms with Gasteiger partial charge in [0.05, 0.1) is 15.5 Å². The van der Waals surface area contributed by atoms with Crippen molar-refractivity contribution in [1.29, 1.82) is 0 Å². The van der Waals surface area contributed by atoms with Crippen molar-refractivity contribution in [2.24, 2.45) is 0 Å². The summed E-state index contributed by atoms with van der Waals surface area (Å²) in [5.74, 6) is 0.404. The second-order valence-electron chi connectivity index (χ2n) is 5.25. The first-order valence-electron chi connectivity index (χ1n) is 7.31. The molecule has 2 heterocycles. The van der Waals surface area contributed by atoms with Crippen LogP contribution in [-0.4, -0.2) is 51.9 Å². The third-order valence-corrected chi connectivity index (χ3v) is 4.11. The summed E-state index contributed by atoms with van der Waals surface area (Å²) in [5.41, 5.74) is 0.134. The summed E-state index contributed by atoms with van der Waals surface area (Å²) in [6.45, 7) is 2.23. The van der Waals surface area contributed by atoms with Gasteiger partial charge in [-0.1, -0.05) is 11.6 Å². The van der Waals surface area contributed by atoms with E-state index in [0.29, 0.717) is 32.1 Å². The summed E-state index contributed by atoms with van der Waals surface area (Å²) in [6, 6.07) is 5.63. The van der Waals surface area contributed by atoms with E-state index in [2.05, 4.69) is 9.97 Å². The van der Waals surface area contributed by atoms with Gasteiger partial charge < -0.3 is 9.80 Å². The first-order valence-corrected chi connectivity index (χ1v) is 7.69. The highest BCUT2D eigenvalue weighted by Gasteiger charge is 2.25. The van der Waals surface area contributed by atoms with Crippen LogP contribution in [0, 0.1) is 10.1 Å². The zero-order valence-corrected chi connectivity index (χ0v) is 13.4. The standard InChI is InChI=1S/C15H14ClN5O3/c16-13-10-11(21(23)24)2-3-12(13)14(22)19-6-8-20(9-7-19)15-17-4-1-5-18-15/h1-5,10H,6-9H2. The molecule has 0 aliphatic carbocycles. The number of benzene rings is 1. The van der Waals surface area contributed by atoms with Gasteiger partial charge in [-0.25, -0.2) is 9.97 Å². The zero-order chi connectivity index (χ0) is 17.1. The lowest BCUT2D eigenvalue weighted by atomic mass is 10.1. The normalized spacial score (nSPS) is 14.5. The maximum atomic E-state index is 12.6. The maximum absolute atomic E-state index is 12.6. The minimum Gasteiger partial charge on any atom is -0.337 e. The second kappa shape index (κ2) is 6.79. The molecular weight excluding hydrogens is 334 g/mol. The number of nitro groups is 1. The van der Waals surface area contributed by atoms with Crippen LogP contribution < -0.4 is 4.90 Å². The van der Waals surface area contributed by atoms with E-state index in [1.54, 1.807) is 23.4 Å². The molecule has 124 valence electrons. The molecule has 0 spiro atoms. The number of hydrogen-bond acceptors (Lipinski definition) is 6.